The number of Topliss-reactive ketones (excluding diaryl/α,β-unsaturated/α-hetero) is 1. The van der Waals surface area contributed by atoms with E-state index in [0.29, 0.717) is 5.56 Å². The maximum absolute atomic E-state index is 12.2. The summed E-state index contributed by atoms with van der Waals surface area (Å²) >= 11 is 0. The number of rotatable bonds is 4. The fourth-order valence-electron chi connectivity index (χ4n) is 2.27. The van der Waals surface area contributed by atoms with Crippen molar-refractivity contribution in [3.8, 4) is 0 Å². The van der Waals surface area contributed by atoms with Gasteiger partial charge < -0.3 is 0 Å². The minimum Gasteiger partial charge on any atom is -0.297 e. The van der Waals surface area contributed by atoms with E-state index < -0.39 is 4.92 Å². The van der Waals surface area contributed by atoms with Crippen LogP contribution < -0.4 is 5.32 Å². The summed E-state index contributed by atoms with van der Waals surface area (Å²) in [6.45, 7) is 0. The van der Waals surface area contributed by atoms with Crippen LogP contribution in [0.1, 0.15) is 22.0 Å². The van der Waals surface area contributed by atoms with Crippen molar-refractivity contribution in [1.29, 1.82) is 0 Å². The summed E-state index contributed by atoms with van der Waals surface area (Å²) in [6.07, 6.45) is 0. The van der Waals surface area contributed by atoms with Crippen LogP contribution >= 0.6 is 0 Å². The highest BCUT2D eigenvalue weighted by atomic mass is 16.6. The van der Waals surface area contributed by atoms with Crippen molar-refractivity contribution in [3.63, 3.8) is 0 Å². The summed E-state index contributed by atoms with van der Waals surface area (Å²) in [5, 5.41) is 13.8. The van der Waals surface area contributed by atoms with Crippen molar-refractivity contribution in [2.45, 2.75) is 12.1 Å². The fraction of sp³-hybridized carbons (Fsp3) is 0.133. The number of benzene rings is 2. The topological polar surface area (TPSA) is 82.2 Å². The van der Waals surface area contributed by atoms with Crippen LogP contribution in [0.5, 0.6) is 0 Å². The van der Waals surface area contributed by atoms with Crippen LogP contribution in [-0.4, -0.2) is 16.7 Å². The largest absolute Gasteiger partial charge is 0.297 e. The van der Waals surface area contributed by atoms with E-state index in [1.165, 1.54) is 12.1 Å². The number of nitro groups is 1. The number of carbonyl (C=O) groups is 1. The second-order valence-corrected chi connectivity index (χ2v) is 4.70. The first-order valence-corrected chi connectivity index (χ1v) is 6.26. The van der Waals surface area contributed by atoms with Gasteiger partial charge in [0.1, 0.15) is 0 Å². The SMILES string of the molecule is O=C(c1ccccc1)[C@H]1N[C@@H]1c1cccc([N+](=O)[O-])c1. The maximum atomic E-state index is 12.2. The number of nitrogens with zero attached hydrogens (tertiary/aromatic N) is 1. The molecule has 0 aromatic heterocycles. The normalized spacial score (nSPS) is 20.4. The van der Waals surface area contributed by atoms with Crippen molar-refractivity contribution in [2.75, 3.05) is 0 Å². The molecule has 0 bridgehead atoms. The summed E-state index contributed by atoms with van der Waals surface area (Å²) in [7, 11) is 0. The van der Waals surface area contributed by atoms with Crippen molar-refractivity contribution >= 4 is 11.5 Å². The van der Waals surface area contributed by atoms with Crippen LogP contribution in [-0.2, 0) is 0 Å². The molecule has 1 saturated heterocycles. The van der Waals surface area contributed by atoms with Gasteiger partial charge in [-0.1, -0.05) is 42.5 Å². The lowest BCUT2D eigenvalue weighted by molar-refractivity contribution is -0.384. The fourth-order valence-corrected chi connectivity index (χ4v) is 2.27. The Labute approximate surface area is 115 Å². The highest BCUT2D eigenvalue weighted by molar-refractivity contribution is 6.02. The first-order valence-electron chi connectivity index (χ1n) is 6.26. The summed E-state index contributed by atoms with van der Waals surface area (Å²) in [6, 6.07) is 15.0. The van der Waals surface area contributed by atoms with Gasteiger partial charge in [-0.3, -0.25) is 20.2 Å². The van der Waals surface area contributed by atoms with Gasteiger partial charge in [0.05, 0.1) is 17.0 Å². The summed E-state index contributed by atoms with van der Waals surface area (Å²) in [4.78, 5) is 22.5. The Morgan fingerprint density at radius 1 is 1.10 bits per heavy atom. The monoisotopic (exact) mass is 268 g/mol. The zero-order valence-electron chi connectivity index (χ0n) is 10.5. The van der Waals surface area contributed by atoms with Gasteiger partial charge in [-0.2, -0.15) is 0 Å². The van der Waals surface area contributed by atoms with E-state index in [-0.39, 0.29) is 23.6 Å². The van der Waals surface area contributed by atoms with E-state index in [1.807, 2.05) is 18.2 Å². The summed E-state index contributed by atoms with van der Waals surface area (Å²) in [5.41, 5.74) is 1.47. The predicted molar refractivity (Wildman–Crippen MR) is 73.5 cm³/mol. The van der Waals surface area contributed by atoms with Gasteiger partial charge in [0.15, 0.2) is 5.78 Å². The minimum absolute atomic E-state index is 0.0158. The van der Waals surface area contributed by atoms with Crippen molar-refractivity contribution in [1.82, 2.24) is 5.32 Å². The molecule has 5 heteroatoms. The van der Waals surface area contributed by atoms with E-state index in [2.05, 4.69) is 5.32 Å². The smallest absolute Gasteiger partial charge is 0.269 e. The van der Waals surface area contributed by atoms with E-state index >= 15 is 0 Å². The van der Waals surface area contributed by atoms with E-state index in [9.17, 15) is 14.9 Å². The standard InChI is InChI=1S/C15H12N2O3/c18-15(10-5-2-1-3-6-10)14-13(16-14)11-7-4-8-12(9-11)17(19)20/h1-9,13-14,16H/t13-,14+/m1/s1. The molecule has 1 aliphatic rings. The van der Waals surface area contributed by atoms with E-state index in [1.54, 1.807) is 24.3 Å². The molecule has 5 nitrogen and oxygen atoms in total. The lowest BCUT2D eigenvalue weighted by atomic mass is 10.0. The Hall–Kier alpha value is -2.53. The molecule has 100 valence electrons. The first kappa shape index (κ1) is 12.5. The van der Waals surface area contributed by atoms with Crippen LogP contribution in [0.15, 0.2) is 54.6 Å². The molecular formula is C15H12N2O3. The molecular weight excluding hydrogens is 256 g/mol. The molecule has 1 N–H and O–H groups in total. The second kappa shape index (κ2) is 4.86. The van der Waals surface area contributed by atoms with E-state index in [0.717, 1.165) is 5.56 Å². The highest BCUT2D eigenvalue weighted by Gasteiger charge is 2.43. The Morgan fingerprint density at radius 3 is 2.55 bits per heavy atom. The number of hydrogen-bond acceptors (Lipinski definition) is 4. The predicted octanol–water partition coefficient (Wildman–Crippen LogP) is 2.49. The van der Waals surface area contributed by atoms with Crippen LogP contribution in [0.2, 0.25) is 0 Å². The molecule has 0 saturated carbocycles. The summed E-state index contributed by atoms with van der Waals surface area (Å²) in [5.74, 6) is 0.0158. The highest BCUT2D eigenvalue weighted by Crippen LogP contribution is 2.33. The third-order valence-electron chi connectivity index (χ3n) is 3.36. The summed E-state index contributed by atoms with van der Waals surface area (Å²) < 4.78 is 0. The second-order valence-electron chi connectivity index (χ2n) is 4.70. The van der Waals surface area contributed by atoms with Gasteiger partial charge in [-0.25, -0.2) is 0 Å². The van der Waals surface area contributed by atoms with Crippen LogP contribution in [0.4, 0.5) is 5.69 Å². The number of carbonyl (C=O) groups excluding carboxylic acids is 1. The lowest BCUT2D eigenvalue weighted by Gasteiger charge is -1.99. The number of ketones is 1. The molecule has 0 radical (unpaired) electrons. The Morgan fingerprint density at radius 2 is 1.85 bits per heavy atom. The van der Waals surface area contributed by atoms with E-state index in [4.69, 9.17) is 0 Å². The minimum atomic E-state index is -0.431. The molecule has 20 heavy (non-hydrogen) atoms. The molecule has 0 spiro atoms. The molecule has 2 aromatic carbocycles. The zero-order valence-corrected chi connectivity index (χ0v) is 10.5. The Bertz CT molecular complexity index is 670. The first-order chi connectivity index (χ1) is 9.66. The van der Waals surface area contributed by atoms with Gasteiger partial charge in [-0.15, -0.1) is 0 Å². The van der Waals surface area contributed by atoms with Crippen LogP contribution in [0, 0.1) is 10.1 Å². The third kappa shape index (κ3) is 2.31. The number of nitro benzene ring substituents is 1. The molecule has 1 aliphatic heterocycles. The van der Waals surface area contributed by atoms with Gasteiger partial charge in [0, 0.05) is 17.7 Å². The molecule has 2 atom stereocenters. The van der Waals surface area contributed by atoms with Crippen molar-refractivity contribution in [3.05, 3.63) is 75.8 Å². The number of nitrogens with one attached hydrogen (secondary N) is 1. The molecule has 0 unspecified atom stereocenters. The molecule has 3 rings (SSSR count). The maximum Gasteiger partial charge on any atom is 0.269 e. The van der Waals surface area contributed by atoms with Crippen LogP contribution in [0.3, 0.4) is 0 Å². The zero-order chi connectivity index (χ0) is 14.1. The lowest BCUT2D eigenvalue weighted by Crippen LogP contribution is -2.10. The Kier molecular flexibility index (Phi) is 3.04. The average molecular weight is 268 g/mol. The van der Waals surface area contributed by atoms with Crippen molar-refractivity contribution < 1.29 is 9.72 Å². The molecule has 0 amide bonds. The molecule has 0 aliphatic carbocycles. The number of non-ortho nitro benzene ring substituents is 1. The molecule has 2 aromatic rings. The van der Waals surface area contributed by atoms with Crippen molar-refractivity contribution in [2.24, 2.45) is 0 Å². The van der Waals surface area contributed by atoms with Gasteiger partial charge in [-0.05, 0) is 5.56 Å². The van der Waals surface area contributed by atoms with Gasteiger partial charge >= 0.3 is 0 Å². The third-order valence-corrected chi connectivity index (χ3v) is 3.36. The molecule has 1 fully saturated rings. The van der Waals surface area contributed by atoms with Crippen LogP contribution in [0.25, 0.3) is 0 Å². The average Bonchev–Trinajstić information content (AvgIpc) is 3.28. The van der Waals surface area contributed by atoms with Gasteiger partial charge in [0.2, 0.25) is 0 Å². The Balaban J connectivity index is 1.78. The van der Waals surface area contributed by atoms with Gasteiger partial charge in [0.25, 0.3) is 5.69 Å². The number of hydrogen-bond donors (Lipinski definition) is 1. The quantitative estimate of drug-likeness (QED) is 0.399. The molecule has 1 heterocycles.